The molecular formula is C10H12O3. The molecule has 0 saturated carbocycles. The van der Waals surface area contributed by atoms with Crippen LogP contribution >= 0.6 is 0 Å². The molecule has 0 amide bonds. The molecule has 2 atom stereocenters. The Kier molecular flexibility index (Phi) is 1.96. The SMILES string of the molecule is C=C(C)C(=O)OC1=CC2OC2CC1. The molecule has 0 N–H and O–H groups in total. The van der Waals surface area contributed by atoms with Gasteiger partial charge in [0.05, 0.1) is 6.10 Å². The average molecular weight is 180 g/mol. The molecule has 1 saturated heterocycles. The number of fused-ring (bicyclic) bond motifs is 1. The number of epoxide rings is 1. The first-order valence-corrected chi connectivity index (χ1v) is 4.40. The fourth-order valence-corrected chi connectivity index (χ4v) is 1.38. The number of hydrogen-bond acceptors (Lipinski definition) is 3. The summed E-state index contributed by atoms with van der Waals surface area (Å²) in [6.07, 6.45) is 4.21. The molecule has 0 aromatic rings. The van der Waals surface area contributed by atoms with Gasteiger partial charge < -0.3 is 9.47 Å². The maximum Gasteiger partial charge on any atom is 0.338 e. The molecule has 3 nitrogen and oxygen atoms in total. The molecule has 3 heteroatoms. The molecule has 0 spiro atoms. The lowest BCUT2D eigenvalue weighted by molar-refractivity contribution is -0.135. The first kappa shape index (κ1) is 8.51. The molecule has 0 bridgehead atoms. The summed E-state index contributed by atoms with van der Waals surface area (Å²) >= 11 is 0. The predicted octanol–water partition coefficient (Wildman–Crippen LogP) is 1.55. The molecule has 13 heavy (non-hydrogen) atoms. The molecule has 70 valence electrons. The van der Waals surface area contributed by atoms with Gasteiger partial charge in [-0.25, -0.2) is 4.79 Å². The first-order valence-electron chi connectivity index (χ1n) is 4.40. The highest BCUT2D eigenvalue weighted by molar-refractivity contribution is 5.87. The van der Waals surface area contributed by atoms with Crippen LogP contribution < -0.4 is 0 Å². The molecule has 0 radical (unpaired) electrons. The highest BCUT2D eigenvalue weighted by Gasteiger charge is 2.40. The highest BCUT2D eigenvalue weighted by atomic mass is 16.6. The number of ether oxygens (including phenoxy) is 2. The van der Waals surface area contributed by atoms with E-state index < -0.39 is 0 Å². The van der Waals surface area contributed by atoms with Crippen molar-refractivity contribution < 1.29 is 14.3 Å². The maximum atomic E-state index is 11.1. The van der Waals surface area contributed by atoms with Crippen molar-refractivity contribution in [3.63, 3.8) is 0 Å². The van der Waals surface area contributed by atoms with Crippen molar-refractivity contribution in [3.05, 3.63) is 24.0 Å². The molecule has 1 aliphatic heterocycles. The van der Waals surface area contributed by atoms with Crippen molar-refractivity contribution >= 4 is 5.97 Å². The summed E-state index contributed by atoms with van der Waals surface area (Å²) in [7, 11) is 0. The quantitative estimate of drug-likeness (QED) is 0.367. The topological polar surface area (TPSA) is 38.8 Å². The number of esters is 1. The molecule has 1 heterocycles. The Bertz CT molecular complexity index is 291. The predicted molar refractivity (Wildman–Crippen MR) is 46.9 cm³/mol. The number of hydrogen-bond donors (Lipinski definition) is 0. The monoisotopic (exact) mass is 180 g/mol. The first-order chi connectivity index (χ1) is 6.16. The minimum absolute atomic E-state index is 0.196. The second kappa shape index (κ2) is 3.00. The molecule has 0 aromatic heterocycles. The van der Waals surface area contributed by atoms with Crippen molar-refractivity contribution in [2.75, 3.05) is 0 Å². The van der Waals surface area contributed by atoms with Gasteiger partial charge in [0.15, 0.2) is 0 Å². The Hall–Kier alpha value is -1.09. The summed E-state index contributed by atoms with van der Waals surface area (Å²) in [5.74, 6) is 0.386. The Morgan fingerprint density at radius 3 is 3.15 bits per heavy atom. The van der Waals surface area contributed by atoms with Gasteiger partial charge in [0.2, 0.25) is 0 Å². The molecule has 0 aromatic carbocycles. The van der Waals surface area contributed by atoms with E-state index in [9.17, 15) is 4.79 Å². The van der Waals surface area contributed by atoms with Gasteiger partial charge in [-0.05, 0) is 19.4 Å². The third-order valence-electron chi connectivity index (χ3n) is 2.22. The Balaban J connectivity index is 1.94. The Morgan fingerprint density at radius 2 is 2.54 bits per heavy atom. The van der Waals surface area contributed by atoms with Crippen molar-refractivity contribution in [1.82, 2.24) is 0 Å². The van der Waals surface area contributed by atoms with Gasteiger partial charge in [-0.1, -0.05) is 6.58 Å². The zero-order valence-electron chi connectivity index (χ0n) is 7.58. The summed E-state index contributed by atoms with van der Waals surface area (Å²) in [6.45, 7) is 5.16. The maximum absolute atomic E-state index is 11.1. The molecule has 1 aliphatic carbocycles. The van der Waals surface area contributed by atoms with Crippen molar-refractivity contribution in [1.29, 1.82) is 0 Å². The van der Waals surface area contributed by atoms with Gasteiger partial charge in [-0.15, -0.1) is 0 Å². The smallest absolute Gasteiger partial charge is 0.338 e. The standard InChI is InChI=1S/C10H12O3/c1-6(2)10(11)12-7-3-4-8-9(5-7)13-8/h5,8-9H,1,3-4H2,2H3. The lowest BCUT2D eigenvalue weighted by atomic mass is 10.1. The van der Waals surface area contributed by atoms with Gasteiger partial charge in [0, 0.05) is 12.0 Å². The van der Waals surface area contributed by atoms with Crippen LogP contribution in [0.15, 0.2) is 24.0 Å². The minimum atomic E-state index is -0.342. The third-order valence-corrected chi connectivity index (χ3v) is 2.22. The van der Waals surface area contributed by atoms with Gasteiger partial charge in [0.1, 0.15) is 11.9 Å². The number of carbonyl (C=O) groups is 1. The summed E-state index contributed by atoms with van der Waals surface area (Å²) < 4.78 is 10.4. The van der Waals surface area contributed by atoms with Gasteiger partial charge >= 0.3 is 5.97 Å². The molecule has 2 unspecified atom stereocenters. The molecule has 2 aliphatic rings. The van der Waals surface area contributed by atoms with Crippen molar-refractivity contribution in [3.8, 4) is 0 Å². The van der Waals surface area contributed by atoms with E-state index in [2.05, 4.69) is 6.58 Å². The second-order valence-electron chi connectivity index (χ2n) is 3.48. The summed E-state index contributed by atoms with van der Waals surface area (Å²) in [5.41, 5.74) is 0.430. The van der Waals surface area contributed by atoms with Crippen molar-refractivity contribution in [2.45, 2.75) is 32.0 Å². The Labute approximate surface area is 77.0 Å². The van der Waals surface area contributed by atoms with Crippen LogP contribution in [0.1, 0.15) is 19.8 Å². The molecular weight excluding hydrogens is 168 g/mol. The summed E-state index contributed by atoms with van der Waals surface area (Å²) in [4.78, 5) is 11.1. The summed E-state index contributed by atoms with van der Waals surface area (Å²) in [5, 5.41) is 0. The van der Waals surface area contributed by atoms with Crippen LogP contribution in [-0.4, -0.2) is 18.2 Å². The van der Waals surface area contributed by atoms with E-state index in [-0.39, 0.29) is 12.1 Å². The van der Waals surface area contributed by atoms with Gasteiger partial charge in [-0.2, -0.15) is 0 Å². The zero-order valence-corrected chi connectivity index (χ0v) is 7.58. The van der Waals surface area contributed by atoms with E-state index >= 15 is 0 Å². The number of carbonyl (C=O) groups excluding carboxylic acids is 1. The zero-order chi connectivity index (χ0) is 9.42. The van der Waals surface area contributed by atoms with Crippen LogP contribution in [-0.2, 0) is 14.3 Å². The fourth-order valence-electron chi connectivity index (χ4n) is 1.38. The van der Waals surface area contributed by atoms with Crippen LogP contribution in [0.2, 0.25) is 0 Å². The van der Waals surface area contributed by atoms with E-state index in [4.69, 9.17) is 9.47 Å². The fraction of sp³-hybridized carbons (Fsp3) is 0.500. The van der Waals surface area contributed by atoms with Crippen LogP contribution in [0.25, 0.3) is 0 Å². The summed E-state index contributed by atoms with van der Waals surface area (Å²) in [6, 6.07) is 0. The lowest BCUT2D eigenvalue weighted by Crippen LogP contribution is -2.09. The molecule has 1 fully saturated rings. The highest BCUT2D eigenvalue weighted by Crippen LogP contribution is 2.35. The van der Waals surface area contributed by atoms with Crippen LogP contribution in [0.4, 0.5) is 0 Å². The average Bonchev–Trinajstić information content (AvgIpc) is 2.81. The van der Waals surface area contributed by atoms with Gasteiger partial charge in [-0.3, -0.25) is 0 Å². The lowest BCUT2D eigenvalue weighted by Gasteiger charge is -2.09. The largest absolute Gasteiger partial charge is 0.428 e. The molecule has 2 rings (SSSR count). The van der Waals surface area contributed by atoms with Crippen LogP contribution in [0.5, 0.6) is 0 Å². The van der Waals surface area contributed by atoms with E-state index in [1.54, 1.807) is 6.92 Å². The van der Waals surface area contributed by atoms with E-state index in [0.717, 1.165) is 18.6 Å². The third kappa shape index (κ3) is 1.80. The number of allylic oxidation sites excluding steroid dienone is 1. The minimum Gasteiger partial charge on any atom is -0.428 e. The second-order valence-corrected chi connectivity index (χ2v) is 3.48. The normalized spacial score (nSPS) is 30.1. The van der Waals surface area contributed by atoms with E-state index in [1.165, 1.54) is 0 Å². The van der Waals surface area contributed by atoms with Crippen LogP contribution in [0.3, 0.4) is 0 Å². The Morgan fingerprint density at radius 1 is 1.77 bits per heavy atom. The van der Waals surface area contributed by atoms with Gasteiger partial charge in [0.25, 0.3) is 0 Å². The van der Waals surface area contributed by atoms with E-state index in [1.807, 2.05) is 6.08 Å². The van der Waals surface area contributed by atoms with Crippen molar-refractivity contribution in [2.24, 2.45) is 0 Å². The van der Waals surface area contributed by atoms with Crippen LogP contribution in [0, 0.1) is 0 Å². The number of rotatable bonds is 2. The van der Waals surface area contributed by atoms with E-state index in [0.29, 0.717) is 11.7 Å².